The lowest BCUT2D eigenvalue weighted by atomic mass is 9.77. The third kappa shape index (κ3) is 3.04. The first-order valence-corrected chi connectivity index (χ1v) is 10.4. The molecule has 28 heavy (non-hydrogen) atoms. The summed E-state index contributed by atoms with van der Waals surface area (Å²) in [4.78, 5) is 17.4. The van der Waals surface area contributed by atoms with Crippen LogP contribution >= 0.6 is 11.6 Å². The number of methoxy groups -OCH3 is 1. The summed E-state index contributed by atoms with van der Waals surface area (Å²) in [5, 5.41) is 0.729. The van der Waals surface area contributed by atoms with E-state index in [9.17, 15) is 4.79 Å². The van der Waals surface area contributed by atoms with Gasteiger partial charge in [0.05, 0.1) is 24.9 Å². The molecule has 2 aliphatic rings. The Morgan fingerprint density at radius 3 is 2.50 bits per heavy atom. The van der Waals surface area contributed by atoms with E-state index in [2.05, 4.69) is 13.0 Å². The summed E-state index contributed by atoms with van der Waals surface area (Å²) in [6.07, 6.45) is 4.33. The van der Waals surface area contributed by atoms with Crippen molar-refractivity contribution in [1.82, 2.24) is 4.90 Å². The topological polar surface area (TPSA) is 32.8 Å². The molecule has 1 heterocycles. The zero-order valence-electron chi connectivity index (χ0n) is 16.7. The molecule has 4 nitrogen and oxygen atoms in total. The molecule has 148 valence electrons. The van der Waals surface area contributed by atoms with Gasteiger partial charge in [-0.15, -0.1) is 0 Å². The third-order valence-corrected chi connectivity index (χ3v) is 6.45. The lowest BCUT2D eigenvalue weighted by Crippen LogP contribution is -2.58. The Morgan fingerprint density at radius 1 is 1.18 bits per heavy atom. The Morgan fingerprint density at radius 2 is 1.89 bits per heavy atom. The summed E-state index contributed by atoms with van der Waals surface area (Å²) >= 11 is 6.42. The zero-order chi connectivity index (χ0) is 19.9. The van der Waals surface area contributed by atoms with E-state index in [0.717, 1.165) is 34.9 Å². The number of anilines is 1. The maximum absolute atomic E-state index is 13.5. The molecule has 0 radical (unpaired) electrons. The van der Waals surface area contributed by atoms with Gasteiger partial charge < -0.3 is 9.64 Å². The number of nitrogens with zero attached hydrogens (tertiary/aromatic N) is 2. The zero-order valence-corrected chi connectivity index (χ0v) is 17.5. The average Bonchev–Trinajstić information content (AvgIpc) is 3.55. The van der Waals surface area contributed by atoms with Gasteiger partial charge in [0.15, 0.2) is 0 Å². The van der Waals surface area contributed by atoms with E-state index in [1.165, 1.54) is 18.4 Å². The van der Waals surface area contributed by atoms with Crippen LogP contribution in [0.1, 0.15) is 43.7 Å². The second-order valence-corrected chi connectivity index (χ2v) is 8.32. The molecular weight excluding hydrogens is 372 g/mol. The molecule has 4 rings (SSSR count). The fourth-order valence-electron chi connectivity index (χ4n) is 4.73. The smallest absolute Gasteiger partial charge is 0.325 e. The minimum atomic E-state index is -0.248. The van der Waals surface area contributed by atoms with E-state index in [1.54, 1.807) is 7.11 Å². The number of hydrogen-bond donors (Lipinski definition) is 0. The lowest BCUT2D eigenvalue weighted by molar-refractivity contribution is 0.101. The van der Waals surface area contributed by atoms with E-state index in [1.807, 2.05) is 53.2 Å². The Balaban J connectivity index is 1.79. The van der Waals surface area contributed by atoms with Crippen LogP contribution in [-0.4, -0.2) is 25.1 Å². The fourth-order valence-corrected chi connectivity index (χ4v) is 4.91. The predicted octanol–water partition coefficient (Wildman–Crippen LogP) is 5.83. The second kappa shape index (κ2) is 7.32. The minimum Gasteiger partial charge on any atom is -0.497 e. The molecule has 0 saturated heterocycles. The molecule has 1 fully saturated rings. The molecule has 1 atom stereocenters. The third-order valence-electron chi connectivity index (χ3n) is 6.22. The second-order valence-electron chi connectivity index (χ2n) is 7.89. The molecule has 1 saturated carbocycles. The Kier molecular flexibility index (Phi) is 5.00. The van der Waals surface area contributed by atoms with E-state index in [4.69, 9.17) is 16.3 Å². The first kappa shape index (κ1) is 19.1. The Bertz CT molecular complexity index is 879. The predicted molar refractivity (Wildman–Crippen MR) is 113 cm³/mol. The number of urea groups is 1. The van der Waals surface area contributed by atoms with E-state index >= 15 is 0 Å². The fraction of sp³-hybridized carbons (Fsp3) is 0.435. The minimum absolute atomic E-state index is 0.0611. The summed E-state index contributed by atoms with van der Waals surface area (Å²) in [6, 6.07) is 13.9. The van der Waals surface area contributed by atoms with E-state index in [0.29, 0.717) is 12.5 Å². The van der Waals surface area contributed by atoms with Crippen molar-refractivity contribution in [3.05, 3.63) is 58.6 Å². The van der Waals surface area contributed by atoms with Crippen molar-refractivity contribution >= 4 is 23.3 Å². The standard InChI is InChI=1S/C23H27ClN2O2/c1-4-13-23(17-7-8-17)20-14-18(24)9-12-21(20)26(22(27)25(23)2)15-16-5-10-19(28-3)11-6-16/h5-6,9-12,14,17H,4,7-8,13,15H2,1-3H3. The Hall–Kier alpha value is -2.20. The van der Waals surface area contributed by atoms with Crippen LogP contribution in [0.5, 0.6) is 5.75 Å². The number of hydrogen-bond acceptors (Lipinski definition) is 2. The van der Waals surface area contributed by atoms with Crippen molar-refractivity contribution in [2.24, 2.45) is 5.92 Å². The van der Waals surface area contributed by atoms with Gasteiger partial charge in [-0.05, 0) is 61.1 Å². The number of rotatable bonds is 6. The Labute approximate surface area is 172 Å². The van der Waals surface area contributed by atoms with Crippen molar-refractivity contribution in [1.29, 1.82) is 0 Å². The highest BCUT2D eigenvalue weighted by molar-refractivity contribution is 6.30. The van der Waals surface area contributed by atoms with Gasteiger partial charge in [0.25, 0.3) is 0 Å². The van der Waals surface area contributed by atoms with Gasteiger partial charge in [-0.1, -0.05) is 37.1 Å². The highest BCUT2D eigenvalue weighted by Gasteiger charge is 2.55. The summed E-state index contributed by atoms with van der Waals surface area (Å²) in [6.45, 7) is 2.71. The quantitative estimate of drug-likeness (QED) is 0.613. The van der Waals surface area contributed by atoms with Gasteiger partial charge in [-0.2, -0.15) is 0 Å². The lowest BCUT2D eigenvalue weighted by Gasteiger charge is -2.50. The molecule has 1 aliphatic carbocycles. The van der Waals surface area contributed by atoms with Crippen LogP contribution in [0.4, 0.5) is 10.5 Å². The molecule has 0 N–H and O–H groups in total. The molecule has 1 unspecified atom stereocenters. The van der Waals surface area contributed by atoms with Crippen LogP contribution in [0.15, 0.2) is 42.5 Å². The highest BCUT2D eigenvalue weighted by Crippen LogP contribution is 2.56. The van der Waals surface area contributed by atoms with E-state index < -0.39 is 0 Å². The van der Waals surface area contributed by atoms with Crippen LogP contribution in [0.3, 0.4) is 0 Å². The summed E-state index contributed by atoms with van der Waals surface area (Å²) in [5.74, 6) is 1.33. The number of amides is 2. The van der Waals surface area contributed by atoms with E-state index in [-0.39, 0.29) is 11.6 Å². The van der Waals surface area contributed by atoms with Crippen LogP contribution in [0.2, 0.25) is 5.02 Å². The molecule has 2 amide bonds. The number of halogens is 1. The van der Waals surface area contributed by atoms with Gasteiger partial charge in [0.2, 0.25) is 0 Å². The van der Waals surface area contributed by atoms with Gasteiger partial charge >= 0.3 is 6.03 Å². The van der Waals surface area contributed by atoms with Gasteiger partial charge in [-0.25, -0.2) is 4.79 Å². The van der Waals surface area contributed by atoms with Gasteiger partial charge in [-0.3, -0.25) is 4.90 Å². The first-order chi connectivity index (χ1) is 13.5. The monoisotopic (exact) mass is 398 g/mol. The van der Waals surface area contributed by atoms with Gasteiger partial charge in [0.1, 0.15) is 5.75 Å². The van der Waals surface area contributed by atoms with Crippen LogP contribution < -0.4 is 9.64 Å². The molecule has 0 spiro atoms. The largest absolute Gasteiger partial charge is 0.497 e. The van der Waals surface area contributed by atoms with Crippen LogP contribution in [0.25, 0.3) is 0 Å². The van der Waals surface area contributed by atoms with Gasteiger partial charge in [0, 0.05) is 17.6 Å². The molecule has 0 aromatic heterocycles. The number of carbonyl (C=O) groups is 1. The maximum atomic E-state index is 13.5. The molecule has 2 aromatic rings. The first-order valence-electron chi connectivity index (χ1n) is 9.99. The number of ether oxygens (including phenoxy) is 1. The van der Waals surface area contributed by atoms with Crippen molar-refractivity contribution in [2.45, 2.75) is 44.7 Å². The van der Waals surface area contributed by atoms with Crippen molar-refractivity contribution in [3.8, 4) is 5.75 Å². The maximum Gasteiger partial charge on any atom is 0.325 e. The summed E-state index contributed by atoms with van der Waals surface area (Å²) in [5.41, 5.74) is 3.00. The molecule has 1 aliphatic heterocycles. The summed E-state index contributed by atoms with van der Waals surface area (Å²) < 4.78 is 5.25. The molecule has 2 aromatic carbocycles. The highest BCUT2D eigenvalue weighted by atomic mass is 35.5. The molecule has 0 bridgehead atoms. The van der Waals surface area contributed by atoms with Crippen molar-refractivity contribution < 1.29 is 9.53 Å². The van der Waals surface area contributed by atoms with Crippen molar-refractivity contribution in [3.63, 3.8) is 0 Å². The van der Waals surface area contributed by atoms with Crippen molar-refractivity contribution in [2.75, 3.05) is 19.1 Å². The summed E-state index contributed by atoms with van der Waals surface area (Å²) in [7, 11) is 3.62. The van der Waals surface area contributed by atoms with Crippen LogP contribution in [0, 0.1) is 5.92 Å². The number of carbonyl (C=O) groups excluding carboxylic acids is 1. The molecular formula is C23H27ClN2O2. The number of fused-ring (bicyclic) bond motifs is 1. The average molecular weight is 399 g/mol. The SMILES string of the molecule is CCCC1(C2CC2)c2cc(Cl)ccc2N(Cc2ccc(OC)cc2)C(=O)N1C. The normalized spacial score (nSPS) is 21.6. The molecule has 5 heteroatoms. The van der Waals surface area contributed by atoms with Crippen LogP contribution in [-0.2, 0) is 12.1 Å². The number of benzene rings is 2.